The number of H-pyrrole nitrogens is 1. The molecule has 1 saturated carbocycles. The van der Waals surface area contributed by atoms with Gasteiger partial charge in [-0.3, -0.25) is 9.89 Å². The fourth-order valence-electron chi connectivity index (χ4n) is 2.59. The van der Waals surface area contributed by atoms with Gasteiger partial charge in [-0.25, -0.2) is 0 Å². The molecule has 134 valence electrons. The van der Waals surface area contributed by atoms with Crippen LogP contribution in [0.5, 0.6) is 11.5 Å². The van der Waals surface area contributed by atoms with E-state index in [-0.39, 0.29) is 24.0 Å². The van der Waals surface area contributed by atoms with Crippen LogP contribution in [0, 0.1) is 0 Å². The molecule has 2 aromatic rings. The molecule has 0 saturated heterocycles. The molecule has 0 spiro atoms. The molecule has 3 rings (SSSR count). The van der Waals surface area contributed by atoms with Gasteiger partial charge in [0.25, 0.3) is 5.91 Å². The molecule has 0 aliphatic heterocycles. The van der Waals surface area contributed by atoms with Gasteiger partial charge in [-0.2, -0.15) is 13.9 Å². The molecule has 25 heavy (non-hydrogen) atoms. The number of rotatable bonds is 7. The third-order valence-corrected chi connectivity index (χ3v) is 4.04. The summed E-state index contributed by atoms with van der Waals surface area (Å²) >= 11 is 0. The molecule has 1 aliphatic rings. The van der Waals surface area contributed by atoms with Crippen molar-refractivity contribution in [3.63, 3.8) is 0 Å². The van der Waals surface area contributed by atoms with Gasteiger partial charge in [0.1, 0.15) is 5.69 Å². The van der Waals surface area contributed by atoms with Crippen LogP contribution in [0.4, 0.5) is 8.78 Å². The number of hydrogen-bond acceptors (Lipinski definition) is 4. The molecule has 1 aromatic heterocycles. The lowest BCUT2D eigenvalue weighted by Gasteiger charge is -2.17. The number of nitrogens with zero attached hydrogens (tertiary/aromatic N) is 2. The van der Waals surface area contributed by atoms with E-state index in [1.165, 1.54) is 18.1 Å². The second kappa shape index (κ2) is 7.08. The van der Waals surface area contributed by atoms with E-state index >= 15 is 0 Å². The number of carbonyl (C=O) groups is 1. The Bertz CT molecular complexity index is 759. The maximum Gasteiger partial charge on any atom is 0.387 e. The number of hydrogen-bond donors (Lipinski definition) is 1. The molecule has 1 aliphatic carbocycles. The third kappa shape index (κ3) is 4.07. The summed E-state index contributed by atoms with van der Waals surface area (Å²) in [6.07, 6.45) is 2.25. The summed E-state index contributed by atoms with van der Waals surface area (Å²) in [6.45, 7) is -2.64. The topological polar surface area (TPSA) is 67.5 Å². The highest BCUT2D eigenvalue weighted by molar-refractivity contribution is 5.92. The number of alkyl halides is 2. The third-order valence-electron chi connectivity index (χ3n) is 4.04. The van der Waals surface area contributed by atoms with Gasteiger partial charge in [-0.05, 0) is 36.6 Å². The molecule has 1 aromatic carbocycles. The Labute approximate surface area is 143 Å². The van der Waals surface area contributed by atoms with Crippen molar-refractivity contribution in [1.82, 2.24) is 15.1 Å². The predicted molar refractivity (Wildman–Crippen MR) is 86.0 cm³/mol. The lowest BCUT2D eigenvalue weighted by atomic mass is 10.2. The molecule has 1 heterocycles. The van der Waals surface area contributed by atoms with Crippen molar-refractivity contribution < 1.29 is 23.0 Å². The largest absolute Gasteiger partial charge is 0.493 e. The summed E-state index contributed by atoms with van der Waals surface area (Å²) in [6, 6.07) is 6.38. The van der Waals surface area contributed by atoms with Crippen LogP contribution in [0.25, 0.3) is 0 Å². The SMILES string of the molecule is COc1cc(CN(C)C(=O)c2cc(C3CC3)[nH]n2)ccc1OC(F)F. The van der Waals surface area contributed by atoms with Gasteiger partial charge in [0.2, 0.25) is 0 Å². The van der Waals surface area contributed by atoms with Gasteiger partial charge < -0.3 is 14.4 Å². The fourth-order valence-corrected chi connectivity index (χ4v) is 2.59. The summed E-state index contributed by atoms with van der Waals surface area (Å²) in [7, 11) is 3.03. The zero-order valence-electron chi connectivity index (χ0n) is 14.0. The number of benzene rings is 1. The number of aromatic nitrogens is 2. The van der Waals surface area contributed by atoms with Gasteiger partial charge in [0.15, 0.2) is 11.5 Å². The highest BCUT2D eigenvalue weighted by Gasteiger charge is 2.27. The molecule has 1 fully saturated rings. The average Bonchev–Trinajstić information content (AvgIpc) is 3.32. The zero-order chi connectivity index (χ0) is 18.0. The summed E-state index contributed by atoms with van der Waals surface area (Å²) in [4.78, 5) is 14.0. The standard InChI is InChI=1S/C17H19F2N3O3/c1-22(16(23)13-8-12(20-21-13)11-4-5-11)9-10-3-6-14(25-17(18)19)15(7-10)24-2/h3,6-8,11,17H,4-5,9H2,1-2H3,(H,20,21). The second-order valence-electron chi connectivity index (χ2n) is 6.01. The van der Waals surface area contributed by atoms with Crippen molar-refractivity contribution >= 4 is 5.91 Å². The Hall–Kier alpha value is -2.64. The van der Waals surface area contributed by atoms with Crippen LogP contribution < -0.4 is 9.47 Å². The Morgan fingerprint density at radius 1 is 1.36 bits per heavy atom. The Morgan fingerprint density at radius 3 is 2.76 bits per heavy atom. The zero-order valence-corrected chi connectivity index (χ0v) is 14.0. The van der Waals surface area contributed by atoms with Crippen molar-refractivity contribution in [3.05, 3.63) is 41.2 Å². The lowest BCUT2D eigenvalue weighted by Crippen LogP contribution is -2.26. The highest BCUT2D eigenvalue weighted by atomic mass is 19.3. The molecule has 1 N–H and O–H groups in total. The number of ether oxygens (including phenoxy) is 2. The van der Waals surface area contributed by atoms with E-state index in [0.29, 0.717) is 11.6 Å². The van der Waals surface area contributed by atoms with Gasteiger partial charge >= 0.3 is 6.61 Å². The summed E-state index contributed by atoms with van der Waals surface area (Å²) in [5.41, 5.74) is 2.09. The smallest absolute Gasteiger partial charge is 0.387 e. The molecule has 0 bridgehead atoms. The van der Waals surface area contributed by atoms with E-state index in [9.17, 15) is 13.6 Å². The normalized spacial score (nSPS) is 13.8. The van der Waals surface area contributed by atoms with Crippen LogP contribution in [-0.2, 0) is 6.54 Å². The van der Waals surface area contributed by atoms with Gasteiger partial charge in [0, 0.05) is 25.2 Å². The fraction of sp³-hybridized carbons (Fsp3) is 0.412. The van der Waals surface area contributed by atoms with E-state index in [2.05, 4.69) is 14.9 Å². The van der Waals surface area contributed by atoms with Gasteiger partial charge in [0.05, 0.1) is 7.11 Å². The lowest BCUT2D eigenvalue weighted by molar-refractivity contribution is -0.0512. The van der Waals surface area contributed by atoms with Crippen LogP contribution in [0.2, 0.25) is 0 Å². The second-order valence-corrected chi connectivity index (χ2v) is 6.01. The van der Waals surface area contributed by atoms with Crippen molar-refractivity contribution in [3.8, 4) is 11.5 Å². The number of methoxy groups -OCH3 is 1. The van der Waals surface area contributed by atoms with Crippen LogP contribution in [0.15, 0.2) is 24.3 Å². The van der Waals surface area contributed by atoms with E-state index in [1.54, 1.807) is 25.2 Å². The molecular formula is C17H19F2N3O3. The minimum Gasteiger partial charge on any atom is -0.493 e. The number of aromatic amines is 1. The predicted octanol–water partition coefficient (Wildman–Crippen LogP) is 3.17. The molecule has 0 radical (unpaired) electrons. The van der Waals surface area contributed by atoms with E-state index in [4.69, 9.17) is 4.74 Å². The van der Waals surface area contributed by atoms with Crippen molar-refractivity contribution in [2.45, 2.75) is 31.9 Å². The summed E-state index contributed by atoms with van der Waals surface area (Å²) < 4.78 is 34.2. The van der Waals surface area contributed by atoms with Crippen LogP contribution in [0.1, 0.15) is 40.5 Å². The Kier molecular flexibility index (Phi) is 4.87. The monoisotopic (exact) mass is 351 g/mol. The maximum atomic E-state index is 12.5. The Morgan fingerprint density at radius 2 is 2.12 bits per heavy atom. The molecular weight excluding hydrogens is 332 g/mol. The van der Waals surface area contributed by atoms with Crippen LogP contribution in [0.3, 0.4) is 0 Å². The van der Waals surface area contributed by atoms with Crippen molar-refractivity contribution in [2.24, 2.45) is 0 Å². The first-order valence-electron chi connectivity index (χ1n) is 7.90. The minimum absolute atomic E-state index is 0.0448. The number of nitrogens with one attached hydrogen (secondary N) is 1. The molecule has 0 atom stereocenters. The number of carbonyl (C=O) groups excluding carboxylic acids is 1. The van der Waals surface area contributed by atoms with E-state index < -0.39 is 6.61 Å². The van der Waals surface area contributed by atoms with Gasteiger partial charge in [-0.15, -0.1) is 0 Å². The van der Waals surface area contributed by atoms with E-state index in [1.807, 2.05) is 0 Å². The van der Waals surface area contributed by atoms with Gasteiger partial charge in [-0.1, -0.05) is 6.07 Å². The maximum absolute atomic E-state index is 12.5. The number of amides is 1. The van der Waals surface area contributed by atoms with Crippen molar-refractivity contribution in [2.75, 3.05) is 14.2 Å². The molecule has 8 heteroatoms. The average molecular weight is 351 g/mol. The van der Waals surface area contributed by atoms with E-state index in [0.717, 1.165) is 24.1 Å². The van der Waals surface area contributed by atoms with Crippen molar-refractivity contribution in [1.29, 1.82) is 0 Å². The summed E-state index contributed by atoms with van der Waals surface area (Å²) in [5.74, 6) is 0.423. The molecule has 0 unspecified atom stereocenters. The summed E-state index contributed by atoms with van der Waals surface area (Å²) in [5, 5.41) is 6.98. The Balaban J connectivity index is 1.68. The first-order valence-corrected chi connectivity index (χ1v) is 7.90. The number of halogens is 2. The first-order chi connectivity index (χ1) is 12.0. The van der Waals surface area contributed by atoms with Crippen LogP contribution in [-0.4, -0.2) is 41.8 Å². The van der Waals surface area contributed by atoms with Crippen LogP contribution >= 0.6 is 0 Å². The highest BCUT2D eigenvalue weighted by Crippen LogP contribution is 2.39. The quantitative estimate of drug-likeness (QED) is 0.832. The minimum atomic E-state index is -2.93. The molecule has 6 nitrogen and oxygen atoms in total. The molecule has 1 amide bonds. The first kappa shape index (κ1) is 17.2.